The van der Waals surface area contributed by atoms with Crippen molar-refractivity contribution in [1.29, 1.82) is 0 Å². The fourth-order valence-electron chi connectivity index (χ4n) is 3.78. The van der Waals surface area contributed by atoms with Crippen LogP contribution in [0.2, 0.25) is 0 Å². The summed E-state index contributed by atoms with van der Waals surface area (Å²) in [5.74, 6) is -0.810. The van der Waals surface area contributed by atoms with Crippen LogP contribution in [0.1, 0.15) is 28.2 Å². The number of aromatic nitrogens is 2. The molecule has 0 saturated carbocycles. The number of carbonyl (C=O) groups is 1. The number of ether oxygens (including phenoxy) is 2. The van der Waals surface area contributed by atoms with Crippen molar-refractivity contribution in [3.8, 4) is 11.4 Å². The maximum Gasteiger partial charge on any atom is 0.265 e. The highest BCUT2D eigenvalue weighted by Gasteiger charge is 2.20. The van der Waals surface area contributed by atoms with Crippen molar-refractivity contribution < 1.29 is 23.0 Å². The van der Waals surface area contributed by atoms with Crippen LogP contribution < -0.4 is 10.1 Å². The van der Waals surface area contributed by atoms with E-state index in [0.29, 0.717) is 29.5 Å². The summed E-state index contributed by atoms with van der Waals surface area (Å²) >= 11 is 1.26. The van der Waals surface area contributed by atoms with Crippen LogP contribution in [0.5, 0.6) is 5.75 Å². The molecule has 33 heavy (non-hydrogen) atoms. The Kier molecular flexibility index (Phi) is 5.82. The van der Waals surface area contributed by atoms with Crippen LogP contribution in [0, 0.1) is 18.6 Å². The Morgan fingerprint density at radius 1 is 1.21 bits per heavy atom. The smallest absolute Gasteiger partial charge is 0.265 e. The number of fused-ring (bicyclic) bond motifs is 1. The van der Waals surface area contributed by atoms with Gasteiger partial charge in [0.05, 0.1) is 28.0 Å². The molecule has 6 nitrogen and oxygen atoms in total. The van der Waals surface area contributed by atoms with Gasteiger partial charge in [0.15, 0.2) is 0 Å². The summed E-state index contributed by atoms with van der Waals surface area (Å²) in [7, 11) is 0. The SMILES string of the molecule is Cc1nn(-c2ccc(F)cc2)c2sc(C(=O)Nc3cc(F)ccc3OCC3CCCO3)cc12. The first kappa shape index (κ1) is 21.5. The van der Waals surface area contributed by atoms with Crippen molar-refractivity contribution in [2.45, 2.75) is 25.9 Å². The zero-order valence-electron chi connectivity index (χ0n) is 17.8. The molecule has 0 spiro atoms. The lowest BCUT2D eigenvalue weighted by atomic mass is 10.2. The first-order chi connectivity index (χ1) is 16.0. The Morgan fingerprint density at radius 3 is 2.76 bits per heavy atom. The fourth-order valence-corrected chi connectivity index (χ4v) is 4.86. The number of rotatable bonds is 6. The van der Waals surface area contributed by atoms with Gasteiger partial charge in [0.1, 0.15) is 28.8 Å². The predicted octanol–water partition coefficient (Wildman–Crippen LogP) is 5.48. The highest BCUT2D eigenvalue weighted by Crippen LogP contribution is 2.32. The molecule has 1 aliphatic heterocycles. The van der Waals surface area contributed by atoms with E-state index in [0.717, 1.165) is 28.8 Å². The number of nitrogens with one attached hydrogen (secondary N) is 1. The minimum Gasteiger partial charge on any atom is -0.489 e. The molecule has 4 aromatic rings. The van der Waals surface area contributed by atoms with Gasteiger partial charge in [0, 0.05) is 18.1 Å². The molecule has 1 saturated heterocycles. The zero-order valence-corrected chi connectivity index (χ0v) is 18.6. The summed E-state index contributed by atoms with van der Waals surface area (Å²) < 4.78 is 40.3. The third kappa shape index (κ3) is 4.46. The van der Waals surface area contributed by atoms with Crippen molar-refractivity contribution in [3.05, 3.63) is 70.7 Å². The number of halogens is 2. The Hall–Kier alpha value is -3.30. The highest BCUT2D eigenvalue weighted by atomic mass is 32.1. The number of thiophene rings is 1. The zero-order chi connectivity index (χ0) is 22.9. The van der Waals surface area contributed by atoms with Crippen molar-refractivity contribution in [2.24, 2.45) is 0 Å². The van der Waals surface area contributed by atoms with Gasteiger partial charge in [-0.1, -0.05) is 0 Å². The lowest BCUT2D eigenvalue weighted by molar-refractivity contribution is 0.0681. The standard InChI is InChI=1S/C24H21F2N3O3S/c1-14-19-12-22(33-24(19)29(28-14)17-7-4-15(25)5-8-17)23(30)27-20-11-16(26)6-9-21(20)32-13-18-3-2-10-31-18/h4-9,11-12,18H,2-3,10,13H2,1H3,(H,27,30). The number of benzene rings is 2. The van der Waals surface area contributed by atoms with Gasteiger partial charge in [0.2, 0.25) is 0 Å². The molecule has 170 valence electrons. The molecule has 2 aromatic carbocycles. The number of anilines is 1. The number of aryl methyl sites for hydroxylation is 1. The molecule has 1 amide bonds. The first-order valence-corrected chi connectivity index (χ1v) is 11.4. The van der Waals surface area contributed by atoms with Crippen molar-refractivity contribution in [2.75, 3.05) is 18.5 Å². The molecule has 1 N–H and O–H groups in total. The molecule has 0 aliphatic carbocycles. The summed E-state index contributed by atoms with van der Waals surface area (Å²) in [6.07, 6.45) is 1.90. The van der Waals surface area contributed by atoms with Crippen LogP contribution in [-0.2, 0) is 4.74 Å². The van der Waals surface area contributed by atoms with Gasteiger partial charge in [0.25, 0.3) is 5.91 Å². The van der Waals surface area contributed by atoms with Gasteiger partial charge in [-0.25, -0.2) is 13.5 Å². The van der Waals surface area contributed by atoms with E-state index in [-0.39, 0.29) is 23.5 Å². The molecule has 1 atom stereocenters. The van der Waals surface area contributed by atoms with Gasteiger partial charge >= 0.3 is 0 Å². The van der Waals surface area contributed by atoms with Crippen molar-refractivity contribution in [3.63, 3.8) is 0 Å². The van der Waals surface area contributed by atoms with Gasteiger partial charge in [-0.05, 0) is 62.2 Å². The summed E-state index contributed by atoms with van der Waals surface area (Å²) in [5.41, 5.74) is 1.70. The van der Waals surface area contributed by atoms with E-state index in [1.807, 2.05) is 6.92 Å². The van der Waals surface area contributed by atoms with Crippen LogP contribution in [0.15, 0.2) is 48.5 Å². The molecule has 1 fully saturated rings. The van der Waals surface area contributed by atoms with Crippen LogP contribution in [0.25, 0.3) is 15.9 Å². The van der Waals surface area contributed by atoms with Gasteiger partial charge in [-0.2, -0.15) is 5.10 Å². The molecule has 5 rings (SSSR count). The van der Waals surface area contributed by atoms with Crippen LogP contribution in [0.3, 0.4) is 0 Å². The number of nitrogens with zero attached hydrogens (tertiary/aromatic N) is 2. The first-order valence-electron chi connectivity index (χ1n) is 10.6. The molecule has 1 aliphatic rings. The largest absolute Gasteiger partial charge is 0.489 e. The molecule has 1 unspecified atom stereocenters. The summed E-state index contributed by atoms with van der Waals surface area (Å²) in [6.45, 7) is 2.90. The Balaban J connectivity index is 1.40. The molecule has 0 radical (unpaired) electrons. The van der Waals surface area contributed by atoms with Gasteiger partial charge < -0.3 is 14.8 Å². The average Bonchev–Trinajstić information content (AvgIpc) is 3.53. The number of hydrogen-bond donors (Lipinski definition) is 1. The quantitative estimate of drug-likeness (QED) is 0.406. The minimum atomic E-state index is -0.478. The maximum absolute atomic E-state index is 13.9. The Bertz CT molecular complexity index is 1310. The molecule has 0 bridgehead atoms. The molecule has 2 aromatic heterocycles. The van der Waals surface area contributed by atoms with E-state index >= 15 is 0 Å². The van der Waals surface area contributed by atoms with Crippen LogP contribution in [0.4, 0.5) is 14.5 Å². The second kappa shape index (κ2) is 8.92. The van der Waals surface area contributed by atoms with E-state index in [1.54, 1.807) is 22.9 Å². The number of amides is 1. The highest BCUT2D eigenvalue weighted by molar-refractivity contribution is 7.20. The lowest BCUT2D eigenvalue weighted by Crippen LogP contribution is -2.18. The molecular weight excluding hydrogens is 448 g/mol. The lowest BCUT2D eigenvalue weighted by Gasteiger charge is -2.15. The van der Waals surface area contributed by atoms with Gasteiger partial charge in [-0.15, -0.1) is 11.3 Å². The van der Waals surface area contributed by atoms with Crippen molar-refractivity contribution in [1.82, 2.24) is 9.78 Å². The fraction of sp³-hybridized carbons (Fsp3) is 0.250. The average molecular weight is 470 g/mol. The normalized spacial score (nSPS) is 15.8. The monoisotopic (exact) mass is 469 g/mol. The molecule has 9 heteroatoms. The van der Waals surface area contributed by atoms with Gasteiger partial charge in [-0.3, -0.25) is 4.79 Å². The minimum absolute atomic E-state index is 0.00131. The van der Waals surface area contributed by atoms with Crippen LogP contribution in [-0.4, -0.2) is 35.0 Å². The molecular formula is C24H21F2N3O3S. The third-order valence-electron chi connectivity index (χ3n) is 5.48. The third-order valence-corrected chi connectivity index (χ3v) is 6.59. The topological polar surface area (TPSA) is 65.4 Å². The second-order valence-electron chi connectivity index (χ2n) is 7.84. The van der Waals surface area contributed by atoms with E-state index in [4.69, 9.17) is 9.47 Å². The summed E-state index contributed by atoms with van der Waals surface area (Å²) in [4.78, 5) is 14.2. The van der Waals surface area contributed by atoms with E-state index in [9.17, 15) is 13.6 Å². The maximum atomic E-state index is 13.9. The predicted molar refractivity (Wildman–Crippen MR) is 122 cm³/mol. The Morgan fingerprint density at radius 2 is 2.00 bits per heavy atom. The van der Waals surface area contributed by atoms with Crippen LogP contribution >= 0.6 is 11.3 Å². The summed E-state index contributed by atoms with van der Waals surface area (Å²) in [6, 6.07) is 11.8. The van der Waals surface area contributed by atoms with E-state index in [2.05, 4.69) is 10.4 Å². The summed E-state index contributed by atoms with van der Waals surface area (Å²) in [5, 5.41) is 8.10. The van der Waals surface area contributed by atoms with Crippen molar-refractivity contribution >= 4 is 33.1 Å². The Labute approximate surface area is 192 Å². The number of carbonyl (C=O) groups excluding carboxylic acids is 1. The second-order valence-corrected chi connectivity index (χ2v) is 8.87. The van der Waals surface area contributed by atoms with E-state index in [1.165, 1.54) is 41.7 Å². The number of hydrogen-bond acceptors (Lipinski definition) is 5. The van der Waals surface area contributed by atoms with E-state index < -0.39 is 5.82 Å². The molecule has 3 heterocycles.